The molecule has 2 aromatic carbocycles. The van der Waals surface area contributed by atoms with Crippen LogP contribution in [0.3, 0.4) is 0 Å². The molecule has 11 nitrogen and oxygen atoms in total. The summed E-state index contributed by atoms with van der Waals surface area (Å²) in [6.07, 6.45) is 6.27. The first kappa shape index (κ1) is 32.4. The maximum Gasteiger partial charge on any atom is 0.203 e. The Morgan fingerprint density at radius 3 is 2.16 bits per heavy atom. The average Bonchev–Trinajstić information content (AvgIpc) is 3.70. The molecule has 12 heteroatoms. The monoisotopic (exact) mass is 618 g/mol. The molecule has 1 aromatic heterocycles. The number of aliphatic hydroxyl groups is 1. The SMILES string of the molecule is CCCOc1c(OCCCn2ccnc2)cc([C@@H]2CC[C@@H](c3cc(OC)c(OC)c(OC)c3)O2)cc1S(=O)(=O)CC(C)O. The fraction of sp³-hybridized carbons (Fsp3) is 0.516. The van der Waals surface area contributed by atoms with E-state index < -0.39 is 27.8 Å². The maximum atomic E-state index is 13.5. The number of sulfone groups is 1. The highest BCUT2D eigenvalue weighted by Gasteiger charge is 2.33. The lowest BCUT2D eigenvalue weighted by Crippen LogP contribution is -2.19. The van der Waals surface area contributed by atoms with Crippen LogP contribution in [0.4, 0.5) is 0 Å². The third-order valence-corrected chi connectivity index (χ3v) is 9.01. The van der Waals surface area contributed by atoms with Gasteiger partial charge in [-0.3, -0.25) is 0 Å². The number of hydrogen-bond donors (Lipinski definition) is 1. The first-order chi connectivity index (χ1) is 20.7. The molecule has 3 aromatic rings. The second kappa shape index (κ2) is 14.8. The molecule has 1 aliphatic heterocycles. The van der Waals surface area contributed by atoms with Crippen LogP contribution in [-0.2, 0) is 21.1 Å². The van der Waals surface area contributed by atoms with Crippen molar-refractivity contribution in [3.8, 4) is 28.7 Å². The quantitative estimate of drug-likeness (QED) is 0.221. The Morgan fingerprint density at radius 2 is 1.60 bits per heavy atom. The molecule has 3 atom stereocenters. The number of imidazole rings is 1. The predicted octanol–water partition coefficient (Wildman–Crippen LogP) is 4.91. The van der Waals surface area contributed by atoms with Gasteiger partial charge in [0.25, 0.3) is 0 Å². The Bertz CT molecular complexity index is 1420. The van der Waals surface area contributed by atoms with Crippen molar-refractivity contribution in [2.75, 3.05) is 40.3 Å². The second-order valence-electron chi connectivity index (χ2n) is 10.5. The van der Waals surface area contributed by atoms with Gasteiger partial charge in [0.05, 0.1) is 64.9 Å². The second-order valence-corrected chi connectivity index (χ2v) is 12.5. The zero-order valence-corrected chi connectivity index (χ0v) is 26.3. The number of aryl methyl sites for hydroxylation is 1. The molecule has 2 heterocycles. The molecule has 0 amide bonds. The molecular weight excluding hydrogens is 576 g/mol. The van der Waals surface area contributed by atoms with Crippen molar-refractivity contribution in [1.82, 2.24) is 9.55 Å². The number of nitrogens with zero attached hydrogens (tertiary/aromatic N) is 2. The van der Waals surface area contributed by atoms with Crippen LogP contribution in [0.15, 0.2) is 47.9 Å². The van der Waals surface area contributed by atoms with E-state index in [1.165, 1.54) is 6.92 Å². The molecule has 43 heavy (non-hydrogen) atoms. The Labute approximate surface area is 253 Å². The Kier molecular flexibility index (Phi) is 11.2. The van der Waals surface area contributed by atoms with Gasteiger partial charge in [0, 0.05) is 18.9 Å². The standard InChI is InChI=1S/C31H42N2O9S/c1-6-13-41-31-28(40-14-7-11-33-12-10-32-20-33)17-23(18-29(31)43(35,36)19-21(2)34)25-9-8-24(42-25)22-15-26(37-3)30(39-5)27(16-22)38-4/h10,12,15-18,20-21,24-25,34H,6-9,11,13-14,19H2,1-5H3/t21?,24-,25-/m0/s1. The molecule has 1 aliphatic rings. The number of ether oxygens (including phenoxy) is 6. The highest BCUT2D eigenvalue weighted by molar-refractivity contribution is 7.91. The van der Waals surface area contributed by atoms with E-state index in [1.807, 2.05) is 35.9 Å². The molecular formula is C31H42N2O9S. The van der Waals surface area contributed by atoms with E-state index in [-0.39, 0.29) is 16.7 Å². The first-order valence-electron chi connectivity index (χ1n) is 14.5. The van der Waals surface area contributed by atoms with E-state index in [1.54, 1.807) is 39.9 Å². The minimum absolute atomic E-state index is 0.0104. The molecule has 4 rings (SSSR count). The van der Waals surface area contributed by atoms with Gasteiger partial charge in [-0.25, -0.2) is 13.4 Å². The van der Waals surface area contributed by atoms with Gasteiger partial charge in [-0.2, -0.15) is 0 Å². The van der Waals surface area contributed by atoms with E-state index >= 15 is 0 Å². The normalized spacial score (nSPS) is 17.4. The number of methoxy groups -OCH3 is 3. The number of hydrogen-bond acceptors (Lipinski definition) is 10. The fourth-order valence-electron chi connectivity index (χ4n) is 5.14. The smallest absolute Gasteiger partial charge is 0.203 e. The maximum absolute atomic E-state index is 13.5. The minimum atomic E-state index is -3.92. The van der Waals surface area contributed by atoms with E-state index in [9.17, 15) is 13.5 Å². The predicted molar refractivity (Wildman–Crippen MR) is 160 cm³/mol. The number of benzene rings is 2. The molecule has 1 fully saturated rings. The molecule has 0 spiro atoms. The number of aromatic nitrogens is 2. The van der Waals surface area contributed by atoms with Crippen molar-refractivity contribution < 1.29 is 41.9 Å². The van der Waals surface area contributed by atoms with Crippen molar-refractivity contribution in [2.45, 2.75) is 69.3 Å². The van der Waals surface area contributed by atoms with Crippen LogP contribution >= 0.6 is 0 Å². The Morgan fingerprint density at radius 1 is 0.953 bits per heavy atom. The van der Waals surface area contributed by atoms with Gasteiger partial charge in [-0.15, -0.1) is 0 Å². The highest BCUT2D eigenvalue weighted by atomic mass is 32.2. The molecule has 0 bridgehead atoms. The van der Waals surface area contributed by atoms with Gasteiger partial charge < -0.3 is 38.1 Å². The Balaban J connectivity index is 1.67. The van der Waals surface area contributed by atoms with E-state index in [4.69, 9.17) is 28.4 Å². The highest BCUT2D eigenvalue weighted by Crippen LogP contribution is 2.48. The summed E-state index contributed by atoms with van der Waals surface area (Å²) in [5.41, 5.74) is 1.52. The van der Waals surface area contributed by atoms with Crippen LogP contribution in [0.25, 0.3) is 0 Å². The first-order valence-corrected chi connectivity index (χ1v) is 16.1. The molecule has 0 saturated carbocycles. The van der Waals surface area contributed by atoms with Crippen LogP contribution in [0.2, 0.25) is 0 Å². The van der Waals surface area contributed by atoms with Crippen LogP contribution in [0.1, 0.15) is 62.9 Å². The summed E-state index contributed by atoms with van der Waals surface area (Å²) in [4.78, 5) is 4.05. The molecule has 0 aliphatic carbocycles. The van der Waals surface area contributed by atoms with Crippen LogP contribution < -0.4 is 23.7 Å². The van der Waals surface area contributed by atoms with Crippen molar-refractivity contribution in [1.29, 1.82) is 0 Å². The van der Waals surface area contributed by atoms with Crippen molar-refractivity contribution in [3.05, 3.63) is 54.1 Å². The molecule has 1 N–H and O–H groups in total. The van der Waals surface area contributed by atoms with Gasteiger partial charge in [0.2, 0.25) is 5.75 Å². The lowest BCUT2D eigenvalue weighted by atomic mass is 10.0. The third kappa shape index (κ3) is 7.92. The summed E-state index contributed by atoms with van der Waals surface area (Å²) in [6.45, 7) is 4.73. The van der Waals surface area contributed by atoms with E-state index in [2.05, 4.69) is 4.98 Å². The Hall–Kier alpha value is -3.48. The lowest BCUT2D eigenvalue weighted by Gasteiger charge is -2.21. The van der Waals surface area contributed by atoms with Crippen LogP contribution in [0, 0.1) is 0 Å². The minimum Gasteiger partial charge on any atom is -0.493 e. The topological polar surface area (TPSA) is 128 Å². The van der Waals surface area contributed by atoms with Gasteiger partial charge >= 0.3 is 0 Å². The number of aliphatic hydroxyl groups excluding tert-OH is 1. The molecule has 1 saturated heterocycles. The fourth-order valence-corrected chi connectivity index (χ4v) is 6.71. The summed E-state index contributed by atoms with van der Waals surface area (Å²) in [7, 11) is 0.756. The third-order valence-electron chi connectivity index (χ3n) is 7.12. The van der Waals surface area contributed by atoms with E-state index in [0.717, 1.165) is 5.56 Å². The molecule has 1 unspecified atom stereocenters. The van der Waals surface area contributed by atoms with Gasteiger partial charge in [0.15, 0.2) is 32.8 Å². The molecule has 236 valence electrons. The van der Waals surface area contributed by atoms with Crippen molar-refractivity contribution >= 4 is 9.84 Å². The van der Waals surface area contributed by atoms with E-state index in [0.29, 0.717) is 74.0 Å². The average molecular weight is 619 g/mol. The van der Waals surface area contributed by atoms with Gasteiger partial charge in [0.1, 0.15) is 4.90 Å². The van der Waals surface area contributed by atoms with Gasteiger partial charge in [-0.1, -0.05) is 6.92 Å². The summed E-state index contributed by atoms with van der Waals surface area (Å²) < 4.78 is 64.2. The van der Waals surface area contributed by atoms with Crippen molar-refractivity contribution in [3.63, 3.8) is 0 Å². The summed E-state index contributed by atoms with van der Waals surface area (Å²) in [5, 5.41) is 10.0. The zero-order chi connectivity index (χ0) is 31.0. The zero-order valence-electron chi connectivity index (χ0n) is 25.4. The van der Waals surface area contributed by atoms with Crippen molar-refractivity contribution in [2.24, 2.45) is 0 Å². The largest absolute Gasteiger partial charge is 0.493 e. The summed E-state index contributed by atoms with van der Waals surface area (Å²) >= 11 is 0. The van der Waals surface area contributed by atoms with Crippen LogP contribution in [0.5, 0.6) is 28.7 Å². The lowest BCUT2D eigenvalue weighted by molar-refractivity contribution is 0.0434. The summed E-state index contributed by atoms with van der Waals surface area (Å²) in [5.74, 6) is 1.60. The number of rotatable bonds is 16. The molecule has 0 radical (unpaired) electrons. The van der Waals surface area contributed by atoms with Crippen LogP contribution in [-0.4, -0.2) is 69.5 Å². The summed E-state index contributed by atoms with van der Waals surface area (Å²) in [6, 6.07) is 7.14. The van der Waals surface area contributed by atoms with Gasteiger partial charge in [-0.05, 0) is 68.0 Å².